The summed E-state index contributed by atoms with van der Waals surface area (Å²) in [7, 11) is 0. The first kappa shape index (κ1) is 20.4. The SMILES string of the molecule is Cc1cc([N+](=O)[O-])nn1CCC(=O)O/N=C(\N)c1ccc(OCC(N)=O)cc1. The van der Waals surface area contributed by atoms with E-state index in [1.54, 1.807) is 31.2 Å². The van der Waals surface area contributed by atoms with Crippen LogP contribution < -0.4 is 16.2 Å². The lowest BCUT2D eigenvalue weighted by Gasteiger charge is -2.05. The number of oxime groups is 1. The van der Waals surface area contributed by atoms with Crippen LogP contribution in [-0.2, 0) is 21.0 Å². The van der Waals surface area contributed by atoms with Crippen molar-refractivity contribution < 1.29 is 24.1 Å². The zero-order valence-corrected chi connectivity index (χ0v) is 14.9. The third-order valence-electron chi connectivity index (χ3n) is 3.46. The number of nitro groups is 1. The number of amides is 1. The number of aromatic nitrogens is 2. The van der Waals surface area contributed by atoms with E-state index in [2.05, 4.69) is 10.3 Å². The normalized spacial score (nSPS) is 11.1. The van der Waals surface area contributed by atoms with Crippen molar-refractivity contribution in [3.8, 4) is 5.75 Å². The van der Waals surface area contributed by atoms with Gasteiger partial charge in [-0.15, -0.1) is 0 Å². The van der Waals surface area contributed by atoms with Crippen molar-refractivity contribution in [2.45, 2.75) is 19.9 Å². The average Bonchev–Trinajstić information content (AvgIpc) is 3.04. The van der Waals surface area contributed by atoms with Gasteiger partial charge >= 0.3 is 11.8 Å². The summed E-state index contributed by atoms with van der Waals surface area (Å²) in [6, 6.07) is 7.54. The van der Waals surface area contributed by atoms with Gasteiger partial charge in [0, 0.05) is 5.56 Å². The summed E-state index contributed by atoms with van der Waals surface area (Å²) in [5.74, 6) is -1.20. The van der Waals surface area contributed by atoms with Gasteiger partial charge < -0.3 is 31.2 Å². The van der Waals surface area contributed by atoms with Crippen molar-refractivity contribution in [1.82, 2.24) is 9.78 Å². The minimum absolute atomic E-state index is 0.0410. The molecule has 0 aliphatic carbocycles. The van der Waals surface area contributed by atoms with Crippen LogP contribution in [0.25, 0.3) is 0 Å². The van der Waals surface area contributed by atoms with E-state index in [9.17, 15) is 19.7 Å². The number of hydrogen-bond acceptors (Lipinski definition) is 8. The van der Waals surface area contributed by atoms with Crippen LogP contribution in [-0.4, -0.2) is 39.0 Å². The summed E-state index contributed by atoms with van der Waals surface area (Å²) in [6.45, 7) is 1.48. The zero-order chi connectivity index (χ0) is 20.7. The highest BCUT2D eigenvalue weighted by Gasteiger charge is 2.16. The molecule has 12 nitrogen and oxygen atoms in total. The Bertz CT molecular complexity index is 905. The number of rotatable bonds is 9. The van der Waals surface area contributed by atoms with Gasteiger partial charge in [0.1, 0.15) is 5.75 Å². The van der Waals surface area contributed by atoms with Crippen molar-refractivity contribution in [3.63, 3.8) is 0 Å². The van der Waals surface area contributed by atoms with Gasteiger partial charge in [0.2, 0.25) is 0 Å². The number of ether oxygens (including phenoxy) is 1. The molecule has 1 aromatic heterocycles. The predicted molar refractivity (Wildman–Crippen MR) is 96.2 cm³/mol. The molecule has 1 heterocycles. The number of carbonyl (C=O) groups is 2. The van der Waals surface area contributed by atoms with Gasteiger partial charge in [-0.05, 0) is 36.1 Å². The molecule has 148 valence electrons. The Labute approximate surface area is 158 Å². The van der Waals surface area contributed by atoms with E-state index in [0.717, 1.165) is 0 Å². The molecule has 0 unspecified atom stereocenters. The van der Waals surface area contributed by atoms with Crippen LogP contribution in [0, 0.1) is 17.0 Å². The van der Waals surface area contributed by atoms with Gasteiger partial charge in [-0.1, -0.05) is 5.16 Å². The Morgan fingerprint density at radius 3 is 2.54 bits per heavy atom. The first-order valence-electron chi connectivity index (χ1n) is 8.00. The average molecular weight is 390 g/mol. The largest absolute Gasteiger partial charge is 0.484 e. The van der Waals surface area contributed by atoms with E-state index in [4.69, 9.17) is 21.0 Å². The summed E-state index contributed by atoms with van der Waals surface area (Å²) in [4.78, 5) is 37.3. The smallest absolute Gasteiger partial charge is 0.390 e. The molecular weight excluding hydrogens is 372 g/mol. The second-order valence-electron chi connectivity index (χ2n) is 5.59. The fraction of sp³-hybridized carbons (Fsp3) is 0.250. The third kappa shape index (κ3) is 5.79. The molecule has 4 N–H and O–H groups in total. The molecule has 0 atom stereocenters. The third-order valence-corrected chi connectivity index (χ3v) is 3.46. The van der Waals surface area contributed by atoms with Crippen molar-refractivity contribution in [2.75, 3.05) is 6.61 Å². The maximum absolute atomic E-state index is 11.8. The van der Waals surface area contributed by atoms with Crippen LogP contribution >= 0.6 is 0 Å². The quantitative estimate of drug-likeness (QED) is 0.201. The Morgan fingerprint density at radius 1 is 1.29 bits per heavy atom. The summed E-state index contributed by atoms with van der Waals surface area (Å²) >= 11 is 0. The predicted octanol–water partition coefficient (Wildman–Crippen LogP) is 0.218. The molecule has 0 fully saturated rings. The van der Waals surface area contributed by atoms with Crippen LogP contribution in [0.5, 0.6) is 5.75 Å². The molecule has 2 rings (SSSR count). The summed E-state index contributed by atoms with van der Waals surface area (Å²) in [6.07, 6.45) is -0.101. The van der Waals surface area contributed by atoms with Crippen LogP contribution in [0.15, 0.2) is 35.5 Å². The lowest BCUT2D eigenvalue weighted by atomic mass is 10.2. The van der Waals surface area contributed by atoms with Gasteiger partial charge in [0.25, 0.3) is 5.91 Å². The summed E-state index contributed by atoms with van der Waals surface area (Å²) in [5.41, 5.74) is 11.7. The number of hydrogen-bond donors (Lipinski definition) is 2. The number of primary amides is 1. The highest BCUT2D eigenvalue weighted by atomic mass is 16.7. The number of aryl methyl sites for hydroxylation is 2. The van der Waals surface area contributed by atoms with Crippen LogP contribution in [0.4, 0.5) is 5.82 Å². The van der Waals surface area contributed by atoms with E-state index >= 15 is 0 Å². The highest BCUT2D eigenvalue weighted by molar-refractivity contribution is 5.97. The van der Waals surface area contributed by atoms with Crippen LogP contribution in [0.3, 0.4) is 0 Å². The number of benzene rings is 1. The minimum atomic E-state index is -0.679. The van der Waals surface area contributed by atoms with Crippen molar-refractivity contribution in [3.05, 3.63) is 51.7 Å². The number of amidine groups is 1. The molecule has 0 saturated carbocycles. The molecule has 0 aliphatic heterocycles. The summed E-state index contributed by atoms with van der Waals surface area (Å²) in [5, 5.41) is 18.0. The minimum Gasteiger partial charge on any atom is -0.484 e. The van der Waals surface area contributed by atoms with E-state index in [1.807, 2.05) is 0 Å². The zero-order valence-electron chi connectivity index (χ0n) is 14.9. The molecule has 0 saturated heterocycles. The monoisotopic (exact) mass is 390 g/mol. The van der Waals surface area contributed by atoms with Crippen molar-refractivity contribution in [2.24, 2.45) is 16.6 Å². The number of nitrogens with zero attached hydrogens (tertiary/aromatic N) is 4. The van der Waals surface area contributed by atoms with E-state index in [1.165, 1.54) is 10.7 Å². The lowest BCUT2D eigenvalue weighted by Crippen LogP contribution is -2.20. The van der Waals surface area contributed by atoms with Crippen LogP contribution in [0.2, 0.25) is 0 Å². The molecule has 0 bridgehead atoms. The molecule has 0 spiro atoms. The Hall–Kier alpha value is -3.96. The Morgan fingerprint density at radius 2 is 1.96 bits per heavy atom. The maximum atomic E-state index is 11.8. The molecule has 12 heteroatoms. The standard InChI is InChI=1S/C16H18N6O6/c1-10-8-14(22(25)26)19-21(10)7-6-15(24)28-20-16(18)11-2-4-12(5-3-11)27-9-13(17)23/h2-5,8H,6-7,9H2,1H3,(H2,17,23)(H2,18,20). The van der Waals surface area contributed by atoms with Gasteiger partial charge in [-0.2, -0.15) is 4.68 Å². The molecule has 1 amide bonds. The van der Waals surface area contributed by atoms with Gasteiger partial charge in [-0.25, -0.2) is 4.79 Å². The second-order valence-corrected chi connectivity index (χ2v) is 5.59. The number of nitrogens with two attached hydrogens (primary N) is 2. The fourth-order valence-corrected chi connectivity index (χ4v) is 2.08. The fourth-order valence-electron chi connectivity index (χ4n) is 2.08. The summed E-state index contributed by atoms with van der Waals surface area (Å²) < 4.78 is 6.44. The molecule has 1 aromatic carbocycles. The van der Waals surface area contributed by atoms with E-state index in [0.29, 0.717) is 17.0 Å². The molecular formula is C16H18N6O6. The Kier molecular flexibility index (Phi) is 6.63. The van der Waals surface area contributed by atoms with Crippen LogP contribution in [0.1, 0.15) is 17.7 Å². The van der Waals surface area contributed by atoms with Gasteiger partial charge in [0.05, 0.1) is 29.8 Å². The first-order chi connectivity index (χ1) is 13.3. The lowest BCUT2D eigenvalue weighted by molar-refractivity contribution is -0.389. The van der Waals surface area contributed by atoms with E-state index < -0.39 is 16.8 Å². The second kappa shape index (κ2) is 9.12. The maximum Gasteiger partial charge on any atom is 0.390 e. The van der Waals surface area contributed by atoms with Crippen molar-refractivity contribution >= 4 is 23.5 Å². The highest BCUT2D eigenvalue weighted by Crippen LogP contribution is 2.13. The Balaban J connectivity index is 1.87. The molecule has 28 heavy (non-hydrogen) atoms. The molecule has 0 aliphatic rings. The van der Waals surface area contributed by atoms with Gasteiger partial charge in [0.15, 0.2) is 12.4 Å². The molecule has 2 aromatic rings. The van der Waals surface area contributed by atoms with Gasteiger partial charge in [-0.3, -0.25) is 4.79 Å². The van der Waals surface area contributed by atoms with E-state index in [-0.39, 0.29) is 31.2 Å². The molecule has 0 radical (unpaired) electrons. The first-order valence-corrected chi connectivity index (χ1v) is 8.00. The topological polar surface area (TPSA) is 178 Å². The van der Waals surface area contributed by atoms with Crippen molar-refractivity contribution in [1.29, 1.82) is 0 Å². The number of carbonyl (C=O) groups excluding carboxylic acids is 2.